The molecular weight excluding hydrogens is 354 g/mol. The van der Waals surface area contributed by atoms with E-state index in [0.717, 1.165) is 30.6 Å². The van der Waals surface area contributed by atoms with Gasteiger partial charge in [0.1, 0.15) is 5.69 Å². The minimum atomic E-state index is -0.201. The Hall–Kier alpha value is -3.22. The molecule has 1 aromatic carbocycles. The summed E-state index contributed by atoms with van der Waals surface area (Å²) < 4.78 is 1.90. The summed E-state index contributed by atoms with van der Waals surface area (Å²) >= 11 is 0. The van der Waals surface area contributed by atoms with Gasteiger partial charge in [0, 0.05) is 37.5 Å². The lowest BCUT2D eigenvalue weighted by Gasteiger charge is -2.31. The number of pyridine rings is 1. The van der Waals surface area contributed by atoms with E-state index in [1.165, 1.54) is 17.8 Å². The number of likely N-dealkylation sites (tertiary alicyclic amines) is 1. The van der Waals surface area contributed by atoms with E-state index in [1.807, 2.05) is 15.8 Å². The second kappa shape index (κ2) is 7.80. The van der Waals surface area contributed by atoms with Crippen molar-refractivity contribution in [1.82, 2.24) is 24.9 Å². The smallest absolute Gasteiger partial charge is 0.255 e. The average Bonchev–Trinajstić information content (AvgIpc) is 3.18. The van der Waals surface area contributed by atoms with E-state index in [4.69, 9.17) is 0 Å². The molecule has 0 unspecified atom stereocenters. The fraction of sp³-hybridized carbons (Fsp3) is 0.333. The van der Waals surface area contributed by atoms with E-state index < -0.39 is 0 Å². The summed E-state index contributed by atoms with van der Waals surface area (Å²) in [4.78, 5) is 28.1. The number of rotatable bonds is 4. The van der Waals surface area contributed by atoms with Gasteiger partial charge in [0.05, 0.1) is 11.8 Å². The number of piperidine rings is 1. The molecule has 7 nitrogen and oxygen atoms in total. The van der Waals surface area contributed by atoms with Crippen LogP contribution in [0.3, 0.4) is 0 Å². The Morgan fingerprint density at radius 2 is 1.89 bits per heavy atom. The van der Waals surface area contributed by atoms with Crippen LogP contribution in [0.15, 0.2) is 53.6 Å². The van der Waals surface area contributed by atoms with Gasteiger partial charge in [-0.3, -0.25) is 14.3 Å². The molecule has 1 saturated heterocycles. The van der Waals surface area contributed by atoms with Gasteiger partial charge in [-0.05, 0) is 31.7 Å². The fourth-order valence-corrected chi connectivity index (χ4v) is 3.55. The van der Waals surface area contributed by atoms with Crippen molar-refractivity contribution in [3.05, 3.63) is 70.3 Å². The SMILES string of the molecule is Cc1ccc(-c2cn(CC3CCN(C(=O)c4ccc(=O)[nH]c4)CC3)nn2)cc1. The first-order chi connectivity index (χ1) is 13.6. The summed E-state index contributed by atoms with van der Waals surface area (Å²) in [5.41, 5.74) is 3.49. The molecule has 0 saturated carbocycles. The fourth-order valence-electron chi connectivity index (χ4n) is 3.55. The largest absolute Gasteiger partial charge is 0.339 e. The van der Waals surface area contributed by atoms with E-state index >= 15 is 0 Å². The zero-order valence-electron chi connectivity index (χ0n) is 15.8. The Morgan fingerprint density at radius 1 is 1.14 bits per heavy atom. The predicted molar refractivity (Wildman–Crippen MR) is 106 cm³/mol. The molecule has 3 heterocycles. The first-order valence-corrected chi connectivity index (χ1v) is 9.54. The Balaban J connectivity index is 1.33. The summed E-state index contributed by atoms with van der Waals surface area (Å²) in [5, 5.41) is 8.56. The van der Waals surface area contributed by atoms with Crippen molar-refractivity contribution in [1.29, 1.82) is 0 Å². The molecule has 1 aliphatic rings. The van der Waals surface area contributed by atoms with Gasteiger partial charge in [0.2, 0.25) is 5.56 Å². The molecule has 144 valence electrons. The lowest BCUT2D eigenvalue weighted by Crippen LogP contribution is -2.39. The second-order valence-electron chi connectivity index (χ2n) is 7.37. The maximum atomic E-state index is 12.5. The number of aryl methyl sites for hydroxylation is 1. The number of benzene rings is 1. The first kappa shape index (κ1) is 18.2. The molecule has 0 spiro atoms. The van der Waals surface area contributed by atoms with Crippen molar-refractivity contribution >= 4 is 5.91 Å². The maximum Gasteiger partial charge on any atom is 0.255 e. The normalized spacial score (nSPS) is 15.0. The summed E-state index contributed by atoms with van der Waals surface area (Å²) in [6.07, 6.45) is 5.32. The number of nitrogens with one attached hydrogen (secondary N) is 1. The van der Waals surface area contributed by atoms with E-state index in [0.29, 0.717) is 24.6 Å². The number of aromatic nitrogens is 4. The maximum absolute atomic E-state index is 12.5. The highest BCUT2D eigenvalue weighted by atomic mass is 16.2. The number of carbonyl (C=O) groups is 1. The van der Waals surface area contributed by atoms with Crippen LogP contribution in [0, 0.1) is 12.8 Å². The second-order valence-corrected chi connectivity index (χ2v) is 7.37. The van der Waals surface area contributed by atoms with Crippen molar-refractivity contribution < 1.29 is 4.79 Å². The third-order valence-electron chi connectivity index (χ3n) is 5.26. The van der Waals surface area contributed by atoms with Gasteiger partial charge in [0.15, 0.2) is 0 Å². The van der Waals surface area contributed by atoms with Crippen LogP contribution in [0.4, 0.5) is 0 Å². The Bertz CT molecular complexity index is 993. The summed E-state index contributed by atoms with van der Waals surface area (Å²) in [5.74, 6) is 0.435. The molecular formula is C21H23N5O2. The molecule has 0 atom stereocenters. The molecule has 0 bridgehead atoms. The molecule has 2 aromatic heterocycles. The van der Waals surface area contributed by atoms with E-state index in [2.05, 4.69) is 46.5 Å². The Kier molecular flexibility index (Phi) is 5.06. The first-order valence-electron chi connectivity index (χ1n) is 9.54. The van der Waals surface area contributed by atoms with Crippen molar-refractivity contribution in [3.63, 3.8) is 0 Å². The van der Waals surface area contributed by atoms with Crippen molar-refractivity contribution in [3.8, 4) is 11.3 Å². The van der Waals surface area contributed by atoms with Crippen molar-refractivity contribution in [2.75, 3.05) is 13.1 Å². The average molecular weight is 377 g/mol. The van der Waals surface area contributed by atoms with Crippen LogP contribution in [0.1, 0.15) is 28.8 Å². The lowest BCUT2D eigenvalue weighted by molar-refractivity contribution is 0.0680. The molecule has 0 aliphatic carbocycles. The predicted octanol–water partition coefficient (Wildman–Crippen LogP) is 2.49. The quantitative estimate of drug-likeness (QED) is 0.757. The molecule has 3 aromatic rings. The van der Waals surface area contributed by atoms with Crippen molar-refractivity contribution in [2.45, 2.75) is 26.3 Å². The van der Waals surface area contributed by atoms with E-state index in [-0.39, 0.29) is 11.5 Å². The van der Waals surface area contributed by atoms with Crippen LogP contribution in [0.2, 0.25) is 0 Å². The van der Waals surface area contributed by atoms with Crippen LogP contribution in [0.5, 0.6) is 0 Å². The monoisotopic (exact) mass is 377 g/mol. The van der Waals surface area contributed by atoms with E-state index in [1.54, 1.807) is 6.07 Å². The van der Waals surface area contributed by atoms with Gasteiger partial charge in [-0.25, -0.2) is 0 Å². The van der Waals surface area contributed by atoms with Gasteiger partial charge in [0.25, 0.3) is 5.91 Å². The number of H-pyrrole nitrogens is 1. The zero-order chi connectivity index (χ0) is 19.5. The summed E-state index contributed by atoms with van der Waals surface area (Å²) in [6.45, 7) is 4.29. The van der Waals surface area contributed by atoms with Gasteiger partial charge in [-0.1, -0.05) is 35.0 Å². The van der Waals surface area contributed by atoms with Gasteiger partial charge in [-0.2, -0.15) is 0 Å². The number of carbonyl (C=O) groups excluding carboxylic acids is 1. The topological polar surface area (TPSA) is 83.9 Å². The third-order valence-corrected chi connectivity index (χ3v) is 5.26. The molecule has 28 heavy (non-hydrogen) atoms. The van der Waals surface area contributed by atoms with Crippen LogP contribution in [0.25, 0.3) is 11.3 Å². The Morgan fingerprint density at radius 3 is 2.57 bits per heavy atom. The van der Waals surface area contributed by atoms with Gasteiger partial charge >= 0.3 is 0 Å². The summed E-state index contributed by atoms with van der Waals surface area (Å²) in [7, 11) is 0. The van der Waals surface area contributed by atoms with Gasteiger partial charge < -0.3 is 9.88 Å². The standard InChI is InChI=1S/C21H23N5O2/c1-15-2-4-17(5-3-15)19-14-26(24-23-19)13-16-8-10-25(11-9-16)21(28)18-6-7-20(27)22-12-18/h2-7,12,14,16H,8-11,13H2,1H3,(H,22,27). The van der Waals surface area contributed by atoms with Crippen LogP contribution in [-0.2, 0) is 6.54 Å². The molecule has 4 rings (SSSR count). The highest BCUT2D eigenvalue weighted by Gasteiger charge is 2.24. The minimum absolute atomic E-state index is 0.0305. The number of nitrogens with zero attached hydrogens (tertiary/aromatic N) is 4. The highest BCUT2D eigenvalue weighted by Crippen LogP contribution is 2.22. The zero-order valence-corrected chi connectivity index (χ0v) is 15.8. The molecule has 1 amide bonds. The van der Waals surface area contributed by atoms with Crippen LogP contribution in [-0.4, -0.2) is 43.9 Å². The molecule has 1 N–H and O–H groups in total. The molecule has 1 aliphatic heterocycles. The molecule has 7 heteroatoms. The number of aromatic amines is 1. The van der Waals surface area contributed by atoms with Crippen molar-refractivity contribution in [2.24, 2.45) is 5.92 Å². The summed E-state index contributed by atoms with van der Waals surface area (Å²) in [6, 6.07) is 11.2. The molecule has 0 radical (unpaired) electrons. The number of hydrogen-bond donors (Lipinski definition) is 1. The van der Waals surface area contributed by atoms with Crippen LogP contribution >= 0.6 is 0 Å². The minimum Gasteiger partial charge on any atom is -0.339 e. The number of amides is 1. The lowest BCUT2D eigenvalue weighted by atomic mass is 9.96. The Labute approximate surface area is 163 Å². The van der Waals surface area contributed by atoms with Gasteiger partial charge in [-0.15, -0.1) is 5.10 Å². The third kappa shape index (κ3) is 4.03. The molecule has 1 fully saturated rings. The van der Waals surface area contributed by atoms with E-state index in [9.17, 15) is 9.59 Å². The number of hydrogen-bond acceptors (Lipinski definition) is 4. The van der Waals surface area contributed by atoms with Crippen LogP contribution < -0.4 is 5.56 Å². The highest BCUT2D eigenvalue weighted by molar-refractivity contribution is 5.93.